The zero-order valence-electron chi connectivity index (χ0n) is 20.8. The van der Waals surface area contributed by atoms with E-state index in [0.29, 0.717) is 11.8 Å². The Morgan fingerprint density at radius 1 is 1.09 bits per heavy atom. The predicted octanol–water partition coefficient (Wildman–Crippen LogP) is 3.95. The zero-order valence-corrected chi connectivity index (χ0v) is 20.8. The Morgan fingerprint density at radius 2 is 1.79 bits per heavy atom. The van der Waals surface area contributed by atoms with E-state index in [0.717, 1.165) is 86.8 Å². The Morgan fingerprint density at radius 3 is 2.42 bits per heavy atom. The number of pyridine rings is 1. The van der Waals surface area contributed by atoms with Crippen LogP contribution in [0.4, 0.5) is 0 Å². The quantitative estimate of drug-likeness (QED) is 0.686. The third-order valence-electron chi connectivity index (χ3n) is 7.55. The minimum absolute atomic E-state index is 0.160. The highest BCUT2D eigenvalue weighted by atomic mass is 16.5. The highest BCUT2D eigenvalue weighted by molar-refractivity contribution is 6.06. The number of rotatable bonds is 5. The third kappa shape index (κ3) is 4.80. The number of aryl methyl sites for hydroxylation is 1. The van der Waals surface area contributed by atoms with Crippen molar-refractivity contribution in [2.45, 2.75) is 71.3 Å². The van der Waals surface area contributed by atoms with Crippen LogP contribution < -0.4 is 0 Å². The van der Waals surface area contributed by atoms with Crippen LogP contribution in [0.5, 0.6) is 0 Å². The van der Waals surface area contributed by atoms with Crippen molar-refractivity contribution in [1.82, 2.24) is 24.6 Å². The summed E-state index contributed by atoms with van der Waals surface area (Å²) in [5.74, 6) is 1.37. The molecule has 2 saturated heterocycles. The Hall–Kier alpha value is -1.99. The largest absolute Gasteiger partial charge is 0.379 e. The molecule has 0 bridgehead atoms. The van der Waals surface area contributed by atoms with E-state index < -0.39 is 0 Å². The Labute approximate surface area is 197 Å². The lowest BCUT2D eigenvalue weighted by molar-refractivity contribution is 0.0332. The molecule has 0 N–H and O–H groups in total. The average molecular weight is 454 g/mol. The van der Waals surface area contributed by atoms with Gasteiger partial charge in [-0.15, -0.1) is 0 Å². The molecular formula is C26H39N5O2. The maximum Gasteiger partial charge on any atom is 0.254 e. The molecule has 0 radical (unpaired) electrons. The fourth-order valence-corrected chi connectivity index (χ4v) is 5.32. The van der Waals surface area contributed by atoms with Crippen molar-refractivity contribution in [1.29, 1.82) is 0 Å². The number of piperidine rings is 1. The Balaban J connectivity index is 1.33. The summed E-state index contributed by atoms with van der Waals surface area (Å²) < 4.78 is 7.48. The number of carbonyl (C=O) groups is 1. The van der Waals surface area contributed by atoms with Gasteiger partial charge in [-0.3, -0.25) is 9.69 Å². The number of aromatic nitrogens is 3. The lowest BCUT2D eigenvalue weighted by atomic mass is 9.92. The SMILES string of the molecule is Cc1nn(C(C)(C)C)c2nc(C3CC3)cc(C(=O)N3CCC(CCN4CCOCC4)CC3)c12. The molecule has 7 nitrogen and oxygen atoms in total. The number of amides is 1. The number of morpholine rings is 1. The summed E-state index contributed by atoms with van der Waals surface area (Å²) in [4.78, 5) is 23.4. The van der Waals surface area contributed by atoms with Crippen LogP contribution in [0.2, 0.25) is 0 Å². The molecule has 33 heavy (non-hydrogen) atoms. The summed E-state index contributed by atoms with van der Waals surface area (Å²) in [6, 6.07) is 2.08. The van der Waals surface area contributed by atoms with Crippen LogP contribution >= 0.6 is 0 Å². The molecule has 1 amide bonds. The van der Waals surface area contributed by atoms with E-state index in [2.05, 4.69) is 36.6 Å². The van der Waals surface area contributed by atoms with E-state index in [9.17, 15) is 4.79 Å². The van der Waals surface area contributed by atoms with E-state index >= 15 is 0 Å². The first-order valence-corrected chi connectivity index (χ1v) is 12.8. The number of hydrogen-bond donors (Lipinski definition) is 0. The van der Waals surface area contributed by atoms with Gasteiger partial charge in [0.25, 0.3) is 5.91 Å². The van der Waals surface area contributed by atoms with Gasteiger partial charge in [0.2, 0.25) is 0 Å². The molecule has 1 saturated carbocycles. The first-order chi connectivity index (χ1) is 15.8. The van der Waals surface area contributed by atoms with Crippen molar-refractivity contribution in [3.05, 3.63) is 23.0 Å². The molecule has 3 fully saturated rings. The van der Waals surface area contributed by atoms with Gasteiger partial charge in [-0.1, -0.05) is 0 Å². The monoisotopic (exact) mass is 453 g/mol. The van der Waals surface area contributed by atoms with Crippen LogP contribution in [0.25, 0.3) is 11.0 Å². The molecule has 2 aliphatic heterocycles. The van der Waals surface area contributed by atoms with Crippen LogP contribution in [0, 0.1) is 12.8 Å². The maximum atomic E-state index is 13.8. The molecule has 1 aliphatic carbocycles. The highest BCUT2D eigenvalue weighted by Crippen LogP contribution is 2.41. The van der Waals surface area contributed by atoms with Gasteiger partial charge in [-0.25, -0.2) is 9.67 Å². The lowest BCUT2D eigenvalue weighted by Crippen LogP contribution is -2.41. The molecular weight excluding hydrogens is 414 g/mol. The maximum absolute atomic E-state index is 13.8. The van der Waals surface area contributed by atoms with Crippen LogP contribution in [-0.2, 0) is 10.3 Å². The second-order valence-electron chi connectivity index (χ2n) is 11.2. The standard InChI is InChI=1S/C26H39N5O2/c1-18-23-21(17-22(20-5-6-20)27-24(23)31(28-18)26(2,3)4)25(32)30-11-8-19(9-12-30)7-10-29-13-15-33-16-14-29/h17,19-20H,5-16H2,1-4H3. The van der Waals surface area contributed by atoms with E-state index in [1.807, 2.05) is 11.6 Å². The van der Waals surface area contributed by atoms with Gasteiger partial charge in [-0.05, 0) is 78.3 Å². The molecule has 0 aromatic carbocycles. The lowest BCUT2D eigenvalue weighted by Gasteiger charge is -2.34. The molecule has 5 rings (SSSR count). The molecule has 2 aromatic rings. The van der Waals surface area contributed by atoms with Crippen molar-refractivity contribution in [2.24, 2.45) is 5.92 Å². The molecule has 180 valence electrons. The fraction of sp³-hybridized carbons (Fsp3) is 0.731. The molecule has 4 heterocycles. The summed E-state index contributed by atoms with van der Waals surface area (Å²) in [5, 5.41) is 5.76. The van der Waals surface area contributed by atoms with Crippen LogP contribution in [0.1, 0.15) is 80.5 Å². The number of ether oxygens (including phenoxy) is 1. The predicted molar refractivity (Wildman–Crippen MR) is 130 cm³/mol. The van der Waals surface area contributed by atoms with Crippen molar-refractivity contribution < 1.29 is 9.53 Å². The molecule has 0 unspecified atom stereocenters. The first-order valence-electron chi connectivity index (χ1n) is 12.8. The van der Waals surface area contributed by atoms with Gasteiger partial charge in [-0.2, -0.15) is 5.10 Å². The smallest absolute Gasteiger partial charge is 0.254 e. The zero-order chi connectivity index (χ0) is 23.2. The van der Waals surface area contributed by atoms with Crippen molar-refractivity contribution >= 4 is 16.9 Å². The van der Waals surface area contributed by atoms with Crippen molar-refractivity contribution in [3.63, 3.8) is 0 Å². The van der Waals surface area contributed by atoms with Gasteiger partial charge < -0.3 is 9.64 Å². The molecule has 7 heteroatoms. The van der Waals surface area contributed by atoms with Gasteiger partial charge in [0.15, 0.2) is 5.65 Å². The minimum atomic E-state index is -0.180. The van der Waals surface area contributed by atoms with Crippen molar-refractivity contribution in [2.75, 3.05) is 45.9 Å². The summed E-state index contributed by atoms with van der Waals surface area (Å²) in [6.07, 6.45) is 5.76. The number of carbonyl (C=O) groups excluding carboxylic acids is 1. The van der Waals surface area contributed by atoms with Crippen molar-refractivity contribution in [3.8, 4) is 0 Å². The number of likely N-dealkylation sites (tertiary alicyclic amines) is 1. The van der Waals surface area contributed by atoms with E-state index in [1.54, 1.807) is 0 Å². The topological polar surface area (TPSA) is 63.5 Å². The summed E-state index contributed by atoms with van der Waals surface area (Å²) in [6.45, 7) is 15.1. The summed E-state index contributed by atoms with van der Waals surface area (Å²) in [5.41, 5.74) is 3.46. The van der Waals surface area contributed by atoms with Gasteiger partial charge in [0.05, 0.1) is 35.4 Å². The number of fused-ring (bicyclic) bond motifs is 1. The Bertz CT molecular complexity index is 1010. The van der Waals surface area contributed by atoms with Crippen LogP contribution in [-0.4, -0.2) is 76.4 Å². The molecule has 0 atom stereocenters. The fourth-order valence-electron chi connectivity index (χ4n) is 5.32. The summed E-state index contributed by atoms with van der Waals surface area (Å²) in [7, 11) is 0. The van der Waals surface area contributed by atoms with Gasteiger partial charge in [0, 0.05) is 37.8 Å². The van der Waals surface area contributed by atoms with E-state index in [1.165, 1.54) is 19.3 Å². The summed E-state index contributed by atoms with van der Waals surface area (Å²) >= 11 is 0. The van der Waals surface area contributed by atoms with Gasteiger partial charge >= 0.3 is 0 Å². The van der Waals surface area contributed by atoms with Crippen LogP contribution in [0.15, 0.2) is 6.07 Å². The van der Waals surface area contributed by atoms with Crippen LogP contribution in [0.3, 0.4) is 0 Å². The first kappa shape index (κ1) is 22.8. The number of nitrogens with zero attached hydrogens (tertiary/aromatic N) is 5. The molecule has 0 spiro atoms. The van der Waals surface area contributed by atoms with Gasteiger partial charge in [0.1, 0.15) is 0 Å². The normalized spacial score (nSPS) is 21.2. The highest BCUT2D eigenvalue weighted by Gasteiger charge is 2.32. The average Bonchev–Trinajstić information content (AvgIpc) is 3.60. The number of hydrogen-bond acceptors (Lipinski definition) is 5. The second-order valence-corrected chi connectivity index (χ2v) is 11.2. The molecule has 2 aromatic heterocycles. The van der Waals surface area contributed by atoms with E-state index in [4.69, 9.17) is 14.8 Å². The van der Waals surface area contributed by atoms with E-state index in [-0.39, 0.29) is 11.4 Å². The second kappa shape index (κ2) is 8.99. The third-order valence-corrected chi connectivity index (χ3v) is 7.55. The molecule has 3 aliphatic rings. The Kier molecular flexibility index (Phi) is 6.21. The minimum Gasteiger partial charge on any atom is -0.379 e.